The topological polar surface area (TPSA) is 72.1 Å². The molecule has 6 heteroatoms. The Balaban J connectivity index is 1.96. The predicted molar refractivity (Wildman–Crippen MR) is 76.1 cm³/mol. The lowest BCUT2D eigenvalue weighted by Gasteiger charge is -2.25. The fraction of sp³-hybridized carbons (Fsp3) is 0.308. The van der Waals surface area contributed by atoms with Gasteiger partial charge in [-0.2, -0.15) is 5.10 Å². The van der Waals surface area contributed by atoms with Crippen LogP contribution in [0.4, 0.5) is 5.69 Å². The quantitative estimate of drug-likeness (QED) is 0.808. The maximum atomic E-state index is 12.5. The minimum absolute atomic E-state index is 0.00995. The lowest BCUT2D eigenvalue weighted by atomic mass is 10.1. The van der Waals surface area contributed by atoms with E-state index in [9.17, 15) is 4.79 Å². The summed E-state index contributed by atoms with van der Waals surface area (Å²) in [6.45, 7) is 3.50. The van der Waals surface area contributed by atoms with Crippen LogP contribution in [0.3, 0.4) is 0 Å². The first-order valence-electron chi connectivity index (χ1n) is 6.11. The molecule has 1 aliphatic rings. The summed E-state index contributed by atoms with van der Waals surface area (Å²) in [6, 6.07) is 1.80. The van der Waals surface area contributed by atoms with Crippen LogP contribution in [0, 0.1) is 0 Å². The summed E-state index contributed by atoms with van der Waals surface area (Å²) in [5.41, 5.74) is 7.91. The molecule has 0 aromatic carbocycles. The normalized spacial score (nSPS) is 15.6. The molecule has 0 bridgehead atoms. The van der Waals surface area contributed by atoms with E-state index in [1.54, 1.807) is 12.3 Å². The Bertz CT molecular complexity index is 676. The smallest absolute Gasteiger partial charge is 0.266 e. The van der Waals surface area contributed by atoms with Crippen LogP contribution in [-0.4, -0.2) is 34.1 Å². The number of carbonyl (C=O) groups is 1. The molecule has 2 aromatic heterocycles. The number of amides is 1. The number of rotatable bonds is 1. The summed E-state index contributed by atoms with van der Waals surface area (Å²) >= 11 is 1.32. The molecule has 0 atom stereocenters. The number of hydrogen-bond acceptors (Lipinski definition) is 5. The largest absolute Gasteiger partial charge is 0.397 e. The summed E-state index contributed by atoms with van der Waals surface area (Å²) in [4.78, 5) is 15.6. The van der Waals surface area contributed by atoms with Crippen molar-refractivity contribution in [1.29, 1.82) is 0 Å². The number of nitrogens with two attached hydrogens (primary N) is 1. The SMILES string of the molecule is CC1=CCN(C(=O)c2sc3nnccc3c2N)CC1. The minimum atomic E-state index is -0.00995. The third-order valence-corrected chi connectivity index (χ3v) is 4.43. The van der Waals surface area contributed by atoms with Crippen molar-refractivity contribution in [1.82, 2.24) is 15.1 Å². The van der Waals surface area contributed by atoms with Crippen LogP contribution in [0.5, 0.6) is 0 Å². The van der Waals surface area contributed by atoms with Crippen LogP contribution in [0.25, 0.3) is 10.2 Å². The number of hydrogen-bond donors (Lipinski definition) is 1. The van der Waals surface area contributed by atoms with Crippen molar-refractivity contribution in [2.45, 2.75) is 13.3 Å². The molecular formula is C13H14N4OS. The Morgan fingerprint density at radius 2 is 2.37 bits per heavy atom. The molecule has 0 unspecified atom stereocenters. The second kappa shape index (κ2) is 4.62. The Hall–Kier alpha value is -1.95. The zero-order chi connectivity index (χ0) is 13.4. The molecule has 0 aliphatic carbocycles. The Kier molecular flexibility index (Phi) is 2.94. The van der Waals surface area contributed by atoms with Gasteiger partial charge in [-0.15, -0.1) is 16.4 Å². The Morgan fingerprint density at radius 3 is 3.05 bits per heavy atom. The molecule has 1 amide bonds. The van der Waals surface area contributed by atoms with Gasteiger partial charge in [0.2, 0.25) is 0 Å². The van der Waals surface area contributed by atoms with Crippen LogP contribution in [0.15, 0.2) is 23.9 Å². The van der Waals surface area contributed by atoms with Gasteiger partial charge in [-0.05, 0) is 19.4 Å². The fourth-order valence-electron chi connectivity index (χ4n) is 2.13. The van der Waals surface area contributed by atoms with Gasteiger partial charge >= 0.3 is 0 Å². The lowest BCUT2D eigenvalue weighted by Crippen LogP contribution is -2.34. The van der Waals surface area contributed by atoms with E-state index in [-0.39, 0.29) is 5.91 Å². The summed E-state index contributed by atoms with van der Waals surface area (Å²) < 4.78 is 0. The molecule has 3 heterocycles. The van der Waals surface area contributed by atoms with Gasteiger partial charge in [-0.1, -0.05) is 11.6 Å². The first kappa shape index (κ1) is 12.1. The zero-order valence-electron chi connectivity index (χ0n) is 10.6. The summed E-state index contributed by atoms with van der Waals surface area (Å²) in [5, 5.41) is 8.64. The number of thiophene rings is 1. The monoisotopic (exact) mass is 274 g/mol. The highest BCUT2D eigenvalue weighted by molar-refractivity contribution is 7.21. The predicted octanol–water partition coefficient (Wildman–Crippen LogP) is 2.07. The molecular weight excluding hydrogens is 260 g/mol. The highest BCUT2D eigenvalue weighted by Crippen LogP contribution is 2.32. The van der Waals surface area contributed by atoms with Crippen molar-refractivity contribution in [3.8, 4) is 0 Å². The van der Waals surface area contributed by atoms with Crippen molar-refractivity contribution >= 4 is 33.1 Å². The van der Waals surface area contributed by atoms with Crippen LogP contribution in [-0.2, 0) is 0 Å². The van der Waals surface area contributed by atoms with Crippen LogP contribution >= 0.6 is 11.3 Å². The first-order valence-corrected chi connectivity index (χ1v) is 6.93. The van der Waals surface area contributed by atoms with E-state index in [0.717, 1.165) is 18.4 Å². The molecule has 2 aromatic rings. The van der Waals surface area contributed by atoms with Gasteiger partial charge in [-0.3, -0.25) is 4.79 Å². The van der Waals surface area contributed by atoms with E-state index in [0.29, 0.717) is 21.9 Å². The fourth-order valence-corrected chi connectivity index (χ4v) is 3.14. The summed E-state index contributed by atoms with van der Waals surface area (Å²) in [6.07, 6.45) is 4.60. The maximum absolute atomic E-state index is 12.5. The van der Waals surface area contributed by atoms with Crippen LogP contribution in [0.2, 0.25) is 0 Å². The minimum Gasteiger partial charge on any atom is -0.397 e. The van der Waals surface area contributed by atoms with Gasteiger partial charge in [0.05, 0.1) is 11.9 Å². The number of fused-ring (bicyclic) bond motifs is 1. The molecule has 1 aliphatic heterocycles. The number of nitrogens with zero attached hydrogens (tertiary/aromatic N) is 3. The third kappa shape index (κ3) is 2.08. The first-order chi connectivity index (χ1) is 9.16. The van der Waals surface area contributed by atoms with Crippen molar-refractivity contribution < 1.29 is 4.79 Å². The van der Waals surface area contributed by atoms with E-state index in [4.69, 9.17) is 5.73 Å². The van der Waals surface area contributed by atoms with E-state index >= 15 is 0 Å². The number of aromatic nitrogens is 2. The average Bonchev–Trinajstić information content (AvgIpc) is 2.77. The van der Waals surface area contributed by atoms with Gasteiger partial charge in [0.15, 0.2) is 0 Å². The van der Waals surface area contributed by atoms with Crippen molar-refractivity contribution in [3.05, 3.63) is 28.8 Å². The molecule has 0 spiro atoms. The van der Waals surface area contributed by atoms with Gasteiger partial charge in [0, 0.05) is 18.5 Å². The standard InChI is InChI=1S/C13H14N4OS/c1-8-3-6-17(7-4-8)13(18)11-10(14)9-2-5-15-16-12(9)19-11/h2-3,5H,4,6-7,14H2,1H3. The van der Waals surface area contributed by atoms with Gasteiger partial charge < -0.3 is 10.6 Å². The third-order valence-electron chi connectivity index (χ3n) is 3.34. The highest BCUT2D eigenvalue weighted by Gasteiger charge is 2.23. The Morgan fingerprint density at radius 1 is 1.53 bits per heavy atom. The molecule has 0 saturated heterocycles. The van der Waals surface area contributed by atoms with Gasteiger partial charge in [-0.25, -0.2) is 0 Å². The van der Waals surface area contributed by atoms with Crippen LogP contribution in [0.1, 0.15) is 23.0 Å². The number of carbonyl (C=O) groups excluding carboxylic acids is 1. The molecule has 2 N–H and O–H groups in total. The second-order valence-electron chi connectivity index (χ2n) is 4.65. The summed E-state index contributed by atoms with van der Waals surface area (Å²) in [7, 11) is 0. The van der Waals surface area contributed by atoms with Gasteiger partial charge in [0.25, 0.3) is 5.91 Å². The van der Waals surface area contributed by atoms with Gasteiger partial charge in [0.1, 0.15) is 9.71 Å². The molecule has 19 heavy (non-hydrogen) atoms. The maximum Gasteiger partial charge on any atom is 0.266 e. The second-order valence-corrected chi connectivity index (χ2v) is 5.65. The van der Waals surface area contributed by atoms with Crippen molar-refractivity contribution in [2.24, 2.45) is 0 Å². The molecule has 0 saturated carbocycles. The van der Waals surface area contributed by atoms with E-state index in [2.05, 4.69) is 23.2 Å². The average molecular weight is 274 g/mol. The van der Waals surface area contributed by atoms with Crippen molar-refractivity contribution in [3.63, 3.8) is 0 Å². The van der Waals surface area contributed by atoms with E-state index < -0.39 is 0 Å². The molecule has 98 valence electrons. The lowest BCUT2D eigenvalue weighted by molar-refractivity contribution is 0.0775. The zero-order valence-corrected chi connectivity index (χ0v) is 11.4. The van der Waals surface area contributed by atoms with Crippen molar-refractivity contribution in [2.75, 3.05) is 18.8 Å². The molecule has 3 rings (SSSR count). The molecule has 0 radical (unpaired) electrons. The molecule has 0 fully saturated rings. The Labute approximate surface area is 114 Å². The van der Waals surface area contributed by atoms with Crippen LogP contribution < -0.4 is 5.73 Å². The highest BCUT2D eigenvalue weighted by atomic mass is 32.1. The van der Waals surface area contributed by atoms with E-state index in [1.165, 1.54) is 16.9 Å². The summed E-state index contributed by atoms with van der Waals surface area (Å²) in [5.74, 6) is -0.00995. The number of nitrogen functional groups attached to an aromatic ring is 1. The molecule has 5 nitrogen and oxygen atoms in total. The van der Waals surface area contributed by atoms with E-state index in [1.807, 2.05) is 4.90 Å². The number of anilines is 1.